The minimum absolute atomic E-state index is 0.0723. The number of carbonyl (C=O) groups is 2. The largest absolute Gasteiger partial charge is 0.349 e. The molecule has 2 amide bonds. The van der Waals surface area contributed by atoms with E-state index in [0.717, 1.165) is 31.2 Å². The average molecular weight is 481 g/mol. The van der Waals surface area contributed by atoms with Crippen molar-refractivity contribution in [2.45, 2.75) is 87.2 Å². The number of carbonyl (C=O) groups excluding carboxylic acids is 2. The lowest BCUT2D eigenvalue weighted by molar-refractivity contribution is -0.115. The van der Waals surface area contributed by atoms with Crippen molar-refractivity contribution in [3.8, 4) is 0 Å². The van der Waals surface area contributed by atoms with Gasteiger partial charge in [-0.05, 0) is 69.1 Å². The molecule has 174 valence electrons. The molecule has 3 heterocycles. The number of nitrogens with zero attached hydrogens (tertiary/aromatic N) is 1. The molecule has 3 atom stereocenters. The first kappa shape index (κ1) is 22.1. The number of hydrogen-bond donors (Lipinski definition) is 3. The SMILES string of the molecule is N[C@H]1CC[C@H](S(=O)(=O)N2[C@@H]3CC[C@H]2C[C@@H](NC(=O)c2cc4c(cc2Cl)NC(=O)C4)C3)CC1. The van der Waals surface area contributed by atoms with Crippen LogP contribution in [0.4, 0.5) is 5.69 Å². The van der Waals surface area contributed by atoms with E-state index >= 15 is 0 Å². The summed E-state index contributed by atoms with van der Waals surface area (Å²) in [5, 5.41) is 5.76. The summed E-state index contributed by atoms with van der Waals surface area (Å²) in [6, 6.07) is 3.15. The zero-order valence-electron chi connectivity index (χ0n) is 17.8. The van der Waals surface area contributed by atoms with Gasteiger partial charge in [0.25, 0.3) is 5.91 Å². The molecule has 5 rings (SSSR count). The van der Waals surface area contributed by atoms with Gasteiger partial charge in [0.2, 0.25) is 15.9 Å². The van der Waals surface area contributed by atoms with Gasteiger partial charge in [0.1, 0.15) is 0 Å². The summed E-state index contributed by atoms with van der Waals surface area (Å²) in [5.74, 6) is -0.391. The van der Waals surface area contributed by atoms with Gasteiger partial charge in [0.05, 0.1) is 22.3 Å². The van der Waals surface area contributed by atoms with Crippen molar-refractivity contribution in [3.05, 3.63) is 28.3 Å². The van der Waals surface area contributed by atoms with Gasteiger partial charge in [-0.15, -0.1) is 0 Å². The molecule has 1 saturated carbocycles. The third-order valence-corrected chi connectivity index (χ3v) is 10.3. The Morgan fingerprint density at radius 3 is 2.41 bits per heavy atom. The molecule has 8 nitrogen and oxygen atoms in total. The van der Waals surface area contributed by atoms with E-state index in [1.807, 2.05) is 0 Å². The van der Waals surface area contributed by atoms with Crippen molar-refractivity contribution in [3.63, 3.8) is 0 Å². The van der Waals surface area contributed by atoms with Gasteiger partial charge < -0.3 is 16.4 Å². The Balaban J connectivity index is 1.27. The number of piperidine rings is 1. The van der Waals surface area contributed by atoms with E-state index in [2.05, 4.69) is 10.6 Å². The van der Waals surface area contributed by atoms with Crippen LogP contribution in [0, 0.1) is 0 Å². The lowest BCUT2D eigenvalue weighted by Gasteiger charge is -2.41. The molecule has 3 fully saturated rings. The molecule has 2 bridgehead atoms. The topological polar surface area (TPSA) is 122 Å². The first-order valence-electron chi connectivity index (χ1n) is 11.4. The van der Waals surface area contributed by atoms with Crippen LogP contribution in [0.2, 0.25) is 5.02 Å². The Bertz CT molecular complexity index is 1040. The third kappa shape index (κ3) is 3.93. The molecule has 4 aliphatic rings. The van der Waals surface area contributed by atoms with Gasteiger partial charge in [-0.3, -0.25) is 9.59 Å². The van der Waals surface area contributed by atoms with E-state index in [9.17, 15) is 18.0 Å². The fourth-order valence-electron chi connectivity index (χ4n) is 5.91. The van der Waals surface area contributed by atoms with Crippen molar-refractivity contribution in [1.82, 2.24) is 9.62 Å². The Labute approximate surface area is 193 Å². The standard InChI is InChI=1S/C22H29ClN4O4S/c23-19-11-20-12(8-21(28)26-20)7-18(19)22(29)25-14-9-15-3-4-16(10-14)27(15)32(30,31)17-5-1-13(24)2-6-17/h7,11,13-17H,1-6,8-10,24H2,(H,25,29)(H,26,28)/t13-,14-,15+,16-,17-. The van der Waals surface area contributed by atoms with Gasteiger partial charge >= 0.3 is 0 Å². The number of amides is 2. The normalized spacial score (nSPS) is 32.4. The second-order valence-electron chi connectivity index (χ2n) is 9.65. The Morgan fingerprint density at radius 2 is 1.75 bits per heavy atom. The number of rotatable bonds is 4. The minimum atomic E-state index is -3.36. The maximum absolute atomic E-state index is 13.4. The Kier molecular flexibility index (Phi) is 5.72. The van der Waals surface area contributed by atoms with Crippen LogP contribution in [0.15, 0.2) is 12.1 Å². The number of halogens is 1. The predicted molar refractivity (Wildman–Crippen MR) is 122 cm³/mol. The molecule has 0 aromatic heterocycles. The fraction of sp³-hybridized carbons (Fsp3) is 0.636. The summed E-state index contributed by atoms with van der Waals surface area (Å²) in [6.07, 6.45) is 5.89. The molecule has 10 heteroatoms. The number of sulfonamides is 1. The van der Waals surface area contributed by atoms with Crippen LogP contribution in [0.5, 0.6) is 0 Å². The second kappa shape index (κ2) is 8.27. The van der Waals surface area contributed by atoms with Gasteiger partial charge in [-0.25, -0.2) is 8.42 Å². The molecule has 0 spiro atoms. The number of anilines is 1. The van der Waals surface area contributed by atoms with Gasteiger partial charge in [0, 0.05) is 29.9 Å². The summed E-state index contributed by atoms with van der Waals surface area (Å²) in [7, 11) is -3.36. The van der Waals surface area contributed by atoms with Crippen molar-refractivity contribution in [2.24, 2.45) is 5.73 Å². The summed E-state index contributed by atoms with van der Waals surface area (Å²) >= 11 is 6.31. The van der Waals surface area contributed by atoms with Crippen molar-refractivity contribution >= 4 is 39.1 Å². The zero-order chi connectivity index (χ0) is 22.6. The Morgan fingerprint density at radius 1 is 1.09 bits per heavy atom. The van der Waals surface area contributed by atoms with Crippen LogP contribution in [0.3, 0.4) is 0 Å². The second-order valence-corrected chi connectivity index (χ2v) is 12.2. The van der Waals surface area contributed by atoms with Gasteiger partial charge in [0.15, 0.2) is 0 Å². The molecule has 1 aromatic carbocycles. The molecule has 4 N–H and O–H groups in total. The average Bonchev–Trinajstić information content (AvgIpc) is 3.23. The molecule has 1 aliphatic carbocycles. The lowest BCUT2D eigenvalue weighted by Crippen LogP contribution is -2.55. The molecule has 32 heavy (non-hydrogen) atoms. The number of nitrogens with two attached hydrogens (primary N) is 1. The first-order chi connectivity index (χ1) is 15.2. The highest BCUT2D eigenvalue weighted by Crippen LogP contribution is 2.41. The molecule has 0 unspecified atom stereocenters. The number of nitrogens with one attached hydrogen (secondary N) is 2. The zero-order valence-corrected chi connectivity index (χ0v) is 19.4. The minimum Gasteiger partial charge on any atom is -0.349 e. The predicted octanol–water partition coefficient (Wildman–Crippen LogP) is 2.16. The number of benzene rings is 1. The van der Waals surface area contributed by atoms with Crippen LogP contribution < -0.4 is 16.4 Å². The molecule has 1 aromatic rings. The summed E-state index contributed by atoms with van der Waals surface area (Å²) < 4.78 is 28.5. The molecular weight excluding hydrogens is 452 g/mol. The van der Waals surface area contributed by atoms with Crippen LogP contribution in [0.1, 0.15) is 67.3 Å². The van der Waals surface area contributed by atoms with E-state index in [1.54, 1.807) is 16.4 Å². The lowest BCUT2D eigenvalue weighted by atomic mass is 9.96. The third-order valence-electron chi connectivity index (χ3n) is 7.50. The van der Waals surface area contributed by atoms with E-state index in [1.165, 1.54) is 0 Å². The van der Waals surface area contributed by atoms with Gasteiger partial charge in [-0.1, -0.05) is 11.6 Å². The number of hydrogen-bond acceptors (Lipinski definition) is 5. The fourth-order valence-corrected chi connectivity index (χ4v) is 8.59. The Hall–Kier alpha value is -1.68. The van der Waals surface area contributed by atoms with E-state index in [0.29, 0.717) is 42.0 Å². The number of fused-ring (bicyclic) bond motifs is 3. The molecule has 0 radical (unpaired) electrons. The van der Waals surface area contributed by atoms with Crippen molar-refractivity contribution in [1.29, 1.82) is 0 Å². The van der Waals surface area contributed by atoms with Crippen LogP contribution >= 0.6 is 11.6 Å². The van der Waals surface area contributed by atoms with Crippen molar-refractivity contribution in [2.75, 3.05) is 5.32 Å². The molecule has 2 saturated heterocycles. The first-order valence-corrected chi connectivity index (χ1v) is 13.3. The van der Waals surface area contributed by atoms with Crippen molar-refractivity contribution < 1.29 is 18.0 Å². The quantitative estimate of drug-likeness (QED) is 0.609. The van der Waals surface area contributed by atoms with Gasteiger partial charge in [-0.2, -0.15) is 4.31 Å². The smallest absolute Gasteiger partial charge is 0.253 e. The monoisotopic (exact) mass is 480 g/mol. The molecular formula is C22H29ClN4O4S. The highest BCUT2D eigenvalue weighted by atomic mass is 35.5. The highest BCUT2D eigenvalue weighted by molar-refractivity contribution is 7.89. The summed E-state index contributed by atoms with van der Waals surface area (Å²) in [5.41, 5.74) is 7.73. The highest BCUT2D eigenvalue weighted by Gasteiger charge is 2.49. The maximum atomic E-state index is 13.4. The van der Waals surface area contributed by atoms with E-state index < -0.39 is 10.0 Å². The maximum Gasteiger partial charge on any atom is 0.253 e. The molecule has 3 aliphatic heterocycles. The van der Waals surface area contributed by atoms with Crippen LogP contribution in [-0.2, 0) is 21.2 Å². The van der Waals surface area contributed by atoms with Crippen LogP contribution in [-0.4, -0.2) is 54.0 Å². The van der Waals surface area contributed by atoms with E-state index in [-0.39, 0.29) is 47.7 Å². The summed E-state index contributed by atoms with van der Waals surface area (Å²) in [4.78, 5) is 24.6. The van der Waals surface area contributed by atoms with E-state index in [4.69, 9.17) is 17.3 Å². The summed E-state index contributed by atoms with van der Waals surface area (Å²) in [6.45, 7) is 0. The van der Waals surface area contributed by atoms with Crippen LogP contribution in [0.25, 0.3) is 0 Å².